The van der Waals surface area contributed by atoms with Crippen molar-refractivity contribution in [3.05, 3.63) is 35.8 Å². The lowest BCUT2D eigenvalue weighted by Gasteiger charge is -2.43. The lowest BCUT2D eigenvalue weighted by molar-refractivity contribution is -0.156. The average molecular weight is 292 g/mol. The second-order valence-corrected chi connectivity index (χ2v) is 5.83. The van der Waals surface area contributed by atoms with E-state index in [1.807, 2.05) is 0 Å². The van der Waals surface area contributed by atoms with Crippen molar-refractivity contribution in [2.24, 2.45) is 5.92 Å². The predicted molar refractivity (Wildman–Crippen MR) is 72.2 cm³/mol. The van der Waals surface area contributed by atoms with Crippen LogP contribution in [0.15, 0.2) is 30.2 Å². The molecule has 2 aliphatic heterocycles. The molecule has 0 aromatic carbocycles. The topological polar surface area (TPSA) is 90.7 Å². The molecule has 1 aromatic rings. The van der Waals surface area contributed by atoms with Gasteiger partial charge < -0.3 is 10.2 Å². The molecule has 0 aliphatic carbocycles. The van der Waals surface area contributed by atoms with Crippen molar-refractivity contribution >= 4 is 28.5 Å². The fourth-order valence-corrected chi connectivity index (χ4v) is 4.10. The summed E-state index contributed by atoms with van der Waals surface area (Å²) < 4.78 is 0. The minimum atomic E-state index is -1.13. The number of carbonyl (C=O) groups excluding carboxylic acids is 1. The van der Waals surface area contributed by atoms with Crippen LogP contribution in [0.1, 0.15) is 12.5 Å². The number of aliphatic hydroxyl groups excluding tert-OH is 1. The molecule has 1 saturated heterocycles. The number of β-lactam (4-membered cyclic amide) rings is 1. The fourth-order valence-electron chi connectivity index (χ4n) is 2.49. The highest BCUT2D eigenvalue weighted by Crippen LogP contribution is 2.53. The number of carboxylic acid groups (broad SMARTS) is 1. The first-order chi connectivity index (χ1) is 9.52. The largest absolute Gasteiger partial charge is 0.477 e. The van der Waals surface area contributed by atoms with Gasteiger partial charge in [-0.05, 0) is 24.6 Å². The van der Waals surface area contributed by atoms with Crippen LogP contribution in [0.4, 0.5) is 0 Å². The van der Waals surface area contributed by atoms with Gasteiger partial charge in [0.25, 0.3) is 0 Å². The van der Waals surface area contributed by atoms with E-state index in [1.165, 1.54) is 16.7 Å². The molecular weight excluding hydrogens is 280 g/mol. The number of thioether (sulfide) groups is 1. The van der Waals surface area contributed by atoms with Crippen LogP contribution in [-0.4, -0.2) is 43.5 Å². The molecule has 0 radical (unpaired) electrons. The number of carboxylic acids is 1. The molecule has 2 N–H and O–H groups in total. The Labute approximate surface area is 119 Å². The molecule has 3 rings (SSSR count). The molecule has 0 unspecified atom stereocenters. The van der Waals surface area contributed by atoms with Gasteiger partial charge in [0.1, 0.15) is 11.1 Å². The number of nitrogens with zero attached hydrogens (tertiary/aromatic N) is 2. The highest BCUT2D eigenvalue weighted by Gasteiger charge is 2.57. The predicted octanol–water partition coefficient (Wildman–Crippen LogP) is 0.747. The van der Waals surface area contributed by atoms with E-state index in [0.29, 0.717) is 10.5 Å². The maximum absolute atomic E-state index is 12.0. The van der Waals surface area contributed by atoms with Crippen molar-refractivity contribution in [2.75, 3.05) is 0 Å². The molecule has 1 amide bonds. The van der Waals surface area contributed by atoms with Crippen LogP contribution in [0.25, 0.3) is 4.91 Å². The van der Waals surface area contributed by atoms with Crippen molar-refractivity contribution in [3.63, 3.8) is 0 Å². The zero-order chi connectivity index (χ0) is 14.4. The standard InChI is InChI=1S/C13H12N2O4S/c1-6(16)8-11(17)15-9(13(18)19)10(20-12(8)15)7-2-4-14-5-3-7/h2-6,8,12,16H,1H3,(H,18,19)/t6-,8+,12-/m1/s1. The Balaban J connectivity index is 2.03. The molecule has 0 bridgehead atoms. The highest BCUT2D eigenvalue weighted by molar-refractivity contribution is 8.09. The monoisotopic (exact) mass is 292 g/mol. The summed E-state index contributed by atoms with van der Waals surface area (Å²) in [6.07, 6.45) is 2.36. The molecule has 104 valence electrons. The third-order valence-corrected chi connectivity index (χ3v) is 4.85. The number of aromatic nitrogens is 1. The molecule has 3 heterocycles. The van der Waals surface area contributed by atoms with E-state index in [4.69, 9.17) is 0 Å². The van der Waals surface area contributed by atoms with Crippen molar-refractivity contribution in [3.8, 4) is 0 Å². The second kappa shape index (κ2) is 4.60. The van der Waals surface area contributed by atoms with Gasteiger partial charge in [-0.1, -0.05) is 11.8 Å². The smallest absolute Gasteiger partial charge is 0.353 e. The summed E-state index contributed by atoms with van der Waals surface area (Å²) in [4.78, 5) is 29.2. The van der Waals surface area contributed by atoms with Gasteiger partial charge >= 0.3 is 5.97 Å². The van der Waals surface area contributed by atoms with Crippen LogP contribution in [0.2, 0.25) is 0 Å². The molecule has 2 aliphatic rings. The Kier molecular flexibility index (Phi) is 3.02. The lowest BCUT2D eigenvalue weighted by atomic mass is 9.92. The van der Waals surface area contributed by atoms with Crippen LogP contribution in [-0.2, 0) is 9.59 Å². The second-order valence-electron chi connectivity index (χ2n) is 4.70. The Morgan fingerprint density at radius 3 is 2.65 bits per heavy atom. The van der Waals surface area contributed by atoms with Gasteiger partial charge in [0.15, 0.2) is 0 Å². The molecule has 0 spiro atoms. The number of rotatable bonds is 3. The Hall–Kier alpha value is -1.86. The SMILES string of the molecule is C[C@@H](O)[C@H]1C(=O)N2C(C(=O)O)=C(c3ccncc3)S[C@H]12. The molecule has 0 saturated carbocycles. The summed E-state index contributed by atoms with van der Waals surface area (Å²) in [5.41, 5.74) is 0.710. The first-order valence-electron chi connectivity index (χ1n) is 6.08. The van der Waals surface area contributed by atoms with Gasteiger partial charge in [0.2, 0.25) is 5.91 Å². The van der Waals surface area contributed by atoms with Crippen molar-refractivity contribution < 1.29 is 19.8 Å². The number of amides is 1. The average Bonchev–Trinajstić information content (AvgIpc) is 2.74. The van der Waals surface area contributed by atoms with Gasteiger partial charge in [-0.2, -0.15) is 0 Å². The van der Waals surface area contributed by atoms with E-state index in [2.05, 4.69) is 4.98 Å². The minimum Gasteiger partial charge on any atom is -0.477 e. The van der Waals surface area contributed by atoms with Crippen LogP contribution >= 0.6 is 11.8 Å². The highest BCUT2D eigenvalue weighted by atomic mass is 32.2. The van der Waals surface area contributed by atoms with Gasteiger partial charge in [0.05, 0.1) is 12.0 Å². The zero-order valence-corrected chi connectivity index (χ0v) is 11.4. The summed E-state index contributed by atoms with van der Waals surface area (Å²) in [5, 5.41) is 18.7. The molecule has 1 fully saturated rings. The molecule has 7 heteroatoms. The normalized spacial score (nSPS) is 26.3. The minimum absolute atomic E-state index is 0.00639. The fraction of sp³-hybridized carbons (Fsp3) is 0.308. The number of fused-ring (bicyclic) bond motifs is 1. The molecule has 3 atom stereocenters. The van der Waals surface area contributed by atoms with Gasteiger partial charge in [-0.3, -0.25) is 14.7 Å². The Bertz CT molecular complexity index is 614. The number of aliphatic hydroxyl groups is 1. The Morgan fingerprint density at radius 1 is 1.45 bits per heavy atom. The van der Waals surface area contributed by atoms with Crippen molar-refractivity contribution in [2.45, 2.75) is 18.4 Å². The maximum Gasteiger partial charge on any atom is 0.353 e. The van der Waals surface area contributed by atoms with E-state index < -0.39 is 18.0 Å². The van der Waals surface area contributed by atoms with E-state index in [-0.39, 0.29) is 17.0 Å². The number of hydrogen-bond acceptors (Lipinski definition) is 5. The number of aliphatic carboxylic acids is 1. The first-order valence-corrected chi connectivity index (χ1v) is 6.96. The molecule has 6 nitrogen and oxygen atoms in total. The molecule has 20 heavy (non-hydrogen) atoms. The van der Waals surface area contributed by atoms with Gasteiger partial charge in [0, 0.05) is 17.3 Å². The first kappa shape index (κ1) is 13.1. The third kappa shape index (κ3) is 1.74. The van der Waals surface area contributed by atoms with Crippen LogP contribution in [0.5, 0.6) is 0 Å². The van der Waals surface area contributed by atoms with E-state index in [0.717, 1.165) is 0 Å². The zero-order valence-electron chi connectivity index (χ0n) is 10.6. The van der Waals surface area contributed by atoms with Crippen LogP contribution < -0.4 is 0 Å². The van der Waals surface area contributed by atoms with Crippen LogP contribution in [0.3, 0.4) is 0 Å². The summed E-state index contributed by atoms with van der Waals surface area (Å²) >= 11 is 1.31. The van der Waals surface area contributed by atoms with Gasteiger partial charge in [-0.15, -0.1) is 0 Å². The van der Waals surface area contributed by atoms with E-state index in [9.17, 15) is 19.8 Å². The van der Waals surface area contributed by atoms with E-state index >= 15 is 0 Å². The number of carbonyl (C=O) groups is 2. The maximum atomic E-state index is 12.0. The third-order valence-electron chi connectivity index (χ3n) is 3.44. The van der Waals surface area contributed by atoms with Crippen molar-refractivity contribution in [1.29, 1.82) is 0 Å². The van der Waals surface area contributed by atoms with Crippen molar-refractivity contribution in [1.82, 2.24) is 9.88 Å². The Morgan fingerprint density at radius 2 is 2.10 bits per heavy atom. The summed E-state index contributed by atoms with van der Waals surface area (Å²) in [5.74, 6) is -2.02. The summed E-state index contributed by atoms with van der Waals surface area (Å²) in [7, 11) is 0. The summed E-state index contributed by atoms with van der Waals surface area (Å²) in [6, 6.07) is 3.41. The number of hydrogen-bond donors (Lipinski definition) is 2. The quantitative estimate of drug-likeness (QED) is 0.799. The van der Waals surface area contributed by atoms with Crippen LogP contribution in [0, 0.1) is 5.92 Å². The number of pyridine rings is 1. The van der Waals surface area contributed by atoms with E-state index in [1.54, 1.807) is 31.5 Å². The van der Waals surface area contributed by atoms with Gasteiger partial charge in [-0.25, -0.2) is 4.79 Å². The summed E-state index contributed by atoms with van der Waals surface area (Å²) in [6.45, 7) is 1.55. The molecular formula is C13H12N2O4S. The molecule has 1 aromatic heterocycles. The lowest BCUT2D eigenvalue weighted by Crippen LogP contribution is -2.60.